The van der Waals surface area contributed by atoms with Crippen molar-refractivity contribution in [3.05, 3.63) is 21.5 Å². The van der Waals surface area contributed by atoms with Gasteiger partial charge >= 0.3 is 0 Å². The summed E-state index contributed by atoms with van der Waals surface area (Å²) in [6.45, 7) is 2.60. The highest BCUT2D eigenvalue weighted by Gasteiger charge is 2.41. The summed E-state index contributed by atoms with van der Waals surface area (Å²) in [5.74, 6) is 2.98. The Morgan fingerprint density at radius 2 is 2.19 bits per heavy atom. The Balaban J connectivity index is 1.79. The lowest BCUT2D eigenvalue weighted by Gasteiger charge is -2.18. The number of nitrogens with one attached hydrogen (secondary N) is 1. The number of imidazole rings is 1. The number of H-pyrrole nitrogens is 1. The molecule has 0 aromatic carbocycles. The van der Waals surface area contributed by atoms with Gasteiger partial charge in [-0.05, 0) is 49.1 Å². The molecule has 0 spiro atoms. The van der Waals surface area contributed by atoms with Crippen molar-refractivity contribution in [3.8, 4) is 0 Å². The Kier molecular flexibility index (Phi) is 3.06. The van der Waals surface area contributed by atoms with E-state index in [1.807, 2.05) is 6.92 Å². The number of aromatic amines is 1. The second kappa shape index (κ2) is 4.83. The summed E-state index contributed by atoms with van der Waals surface area (Å²) in [4.78, 5) is 24.6. The Morgan fingerprint density at radius 1 is 1.33 bits per heavy atom. The highest BCUT2D eigenvalue weighted by Crippen LogP contribution is 2.52. The number of rotatable bonds is 3. The van der Waals surface area contributed by atoms with Gasteiger partial charge in [-0.2, -0.15) is 4.98 Å². The molecule has 4 rings (SSSR count). The Hall–Kier alpha value is -1.36. The summed E-state index contributed by atoms with van der Waals surface area (Å²) in [7, 11) is 0. The van der Waals surface area contributed by atoms with Gasteiger partial charge in [-0.25, -0.2) is 4.98 Å². The molecular formula is C15H19ClN4O. The quantitative estimate of drug-likeness (QED) is 0.886. The molecule has 2 aromatic rings. The van der Waals surface area contributed by atoms with E-state index in [0.29, 0.717) is 23.6 Å². The summed E-state index contributed by atoms with van der Waals surface area (Å²) >= 11 is 6.12. The van der Waals surface area contributed by atoms with Crippen molar-refractivity contribution in [2.24, 2.45) is 11.8 Å². The first kappa shape index (κ1) is 13.3. The van der Waals surface area contributed by atoms with Crippen LogP contribution >= 0.6 is 11.6 Å². The SMILES string of the molecule is CCCn1c(Cl)nc2nc(C3CC4CCC3C4)[nH]c2c1=O. The molecule has 0 saturated heterocycles. The highest BCUT2D eigenvalue weighted by molar-refractivity contribution is 6.28. The van der Waals surface area contributed by atoms with Crippen molar-refractivity contribution in [2.45, 2.75) is 51.5 Å². The molecule has 2 saturated carbocycles. The molecule has 3 unspecified atom stereocenters. The minimum atomic E-state index is -0.103. The molecule has 3 atom stereocenters. The van der Waals surface area contributed by atoms with Gasteiger partial charge in [0.25, 0.3) is 5.56 Å². The molecular weight excluding hydrogens is 288 g/mol. The fraction of sp³-hybridized carbons (Fsp3) is 0.667. The molecule has 112 valence electrons. The highest BCUT2D eigenvalue weighted by atomic mass is 35.5. The largest absolute Gasteiger partial charge is 0.336 e. The molecule has 0 amide bonds. The maximum Gasteiger partial charge on any atom is 0.280 e. The predicted octanol–water partition coefficient (Wildman–Crippen LogP) is 3.09. The van der Waals surface area contributed by atoms with E-state index < -0.39 is 0 Å². The number of hydrogen-bond acceptors (Lipinski definition) is 3. The van der Waals surface area contributed by atoms with E-state index in [9.17, 15) is 4.79 Å². The van der Waals surface area contributed by atoms with Crippen LogP contribution in [0.15, 0.2) is 4.79 Å². The van der Waals surface area contributed by atoms with Crippen LogP contribution in [0, 0.1) is 11.8 Å². The van der Waals surface area contributed by atoms with E-state index in [-0.39, 0.29) is 10.8 Å². The Labute approximate surface area is 127 Å². The summed E-state index contributed by atoms with van der Waals surface area (Å²) in [6.07, 6.45) is 6.01. The third-order valence-electron chi connectivity index (χ3n) is 5.12. The summed E-state index contributed by atoms with van der Waals surface area (Å²) in [6, 6.07) is 0. The second-order valence-corrected chi connectivity index (χ2v) is 6.78. The first-order valence-electron chi connectivity index (χ1n) is 7.83. The van der Waals surface area contributed by atoms with Gasteiger partial charge in [-0.15, -0.1) is 0 Å². The van der Waals surface area contributed by atoms with Gasteiger partial charge in [0, 0.05) is 12.5 Å². The van der Waals surface area contributed by atoms with Crippen molar-refractivity contribution in [1.82, 2.24) is 19.5 Å². The third-order valence-corrected chi connectivity index (χ3v) is 5.41. The number of halogens is 1. The van der Waals surface area contributed by atoms with Gasteiger partial charge in [0.15, 0.2) is 11.2 Å². The van der Waals surface area contributed by atoms with Crippen LogP contribution in [0.2, 0.25) is 5.28 Å². The molecule has 6 heteroatoms. The van der Waals surface area contributed by atoms with Crippen molar-refractivity contribution in [3.63, 3.8) is 0 Å². The minimum Gasteiger partial charge on any atom is -0.336 e. The van der Waals surface area contributed by atoms with E-state index in [0.717, 1.165) is 24.1 Å². The van der Waals surface area contributed by atoms with Gasteiger partial charge in [-0.1, -0.05) is 13.3 Å². The molecule has 2 fully saturated rings. The van der Waals surface area contributed by atoms with Gasteiger partial charge in [0.05, 0.1) is 0 Å². The minimum absolute atomic E-state index is 0.103. The molecule has 5 nitrogen and oxygen atoms in total. The lowest BCUT2D eigenvalue weighted by molar-refractivity contribution is 0.408. The van der Waals surface area contributed by atoms with E-state index >= 15 is 0 Å². The standard InChI is InChI=1S/C15H19ClN4O/c1-2-5-20-14(21)11-13(19-15(20)16)18-12(17-11)10-7-8-3-4-9(10)6-8/h8-10H,2-7H2,1H3,(H,17,18). The fourth-order valence-corrected chi connectivity index (χ4v) is 4.39. The van der Waals surface area contributed by atoms with Gasteiger partial charge in [0.1, 0.15) is 5.82 Å². The average Bonchev–Trinajstić information content (AvgIpc) is 3.17. The van der Waals surface area contributed by atoms with Crippen molar-refractivity contribution in [1.29, 1.82) is 0 Å². The first-order chi connectivity index (χ1) is 10.2. The smallest absolute Gasteiger partial charge is 0.280 e. The van der Waals surface area contributed by atoms with E-state index in [2.05, 4.69) is 15.0 Å². The van der Waals surface area contributed by atoms with Gasteiger partial charge in [0.2, 0.25) is 5.28 Å². The molecule has 1 N–H and O–H groups in total. The monoisotopic (exact) mass is 306 g/mol. The zero-order valence-electron chi connectivity index (χ0n) is 12.1. The number of nitrogens with zero attached hydrogens (tertiary/aromatic N) is 3. The Bertz CT molecular complexity index is 750. The van der Waals surface area contributed by atoms with Crippen LogP contribution in [0.4, 0.5) is 0 Å². The van der Waals surface area contributed by atoms with Crippen molar-refractivity contribution >= 4 is 22.8 Å². The van der Waals surface area contributed by atoms with Crippen LogP contribution in [0.3, 0.4) is 0 Å². The topological polar surface area (TPSA) is 63.6 Å². The number of hydrogen-bond donors (Lipinski definition) is 1. The van der Waals surface area contributed by atoms with Crippen LogP contribution < -0.4 is 5.56 Å². The maximum absolute atomic E-state index is 12.5. The molecule has 0 aliphatic heterocycles. The zero-order chi connectivity index (χ0) is 14.6. The van der Waals surface area contributed by atoms with E-state index in [4.69, 9.17) is 11.6 Å². The Morgan fingerprint density at radius 3 is 2.86 bits per heavy atom. The molecule has 2 aliphatic carbocycles. The average molecular weight is 307 g/mol. The number of fused-ring (bicyclic) bond motifs is 3. The predicted molar refractivity (Wildman–Crippen MR) is 81.6 cm³/mol. The lowest BCUT2D eigenvalue weighted by Crippen LogP contribution is -2.22. The summed E-state index contributed by atoms with van der Waals surface area (Å²) in [5.41, 5.74) is 0.870. The van der Waals surface area contributed by atoms with Crippen molar-refractivity contribution in [2.75, 3.05) is 0 Å². The molecule has 2 heterocycles. The van der Waals surface area contributed by atoms with Crippen LogP contribution in [0.5, 0.6) is 0 Å². The number of aromatic nitrogens is 4. The summed E-state index contributed by atoms with van der Waals surface area (Å²) < 4.78 is 1.52. The second-order valence-electron chi connectivity index (χ2n) is 6.44. The van der Waals surface area contributed by atoms with Crippen LogP contribution in [-0.2, 0) is 6.54 Å². The van der Waals surface area contributed by atoms with Gasteiger partial charge in [-0.3, -0.25) is 9.36 Å². The normalized spacial score (nSPS) is 27.8. The van der Waals surface area contributed by atoms with E-state index in [1.165, 1.54) is 30.3 Å². The molecule has 2 aromatic heterocycles. The van der Waals surface area contributed by atoms with E-state index in [1.54, 1.807) is 0 Å². The third kappa shape index (κ3) is 2.01. The van der Waals surface area contributed by atoms with Crippen LogP contribution in [0.1, 0.15) is 50.8 Å². The van der Waals surface area contributed by atoms with Crippen LogP contribution in [-0.4, -0.2) is 19.5 Å². The molecule has 21 heavy (non-hydrogen) atoms. The lowest BCUT2D eigenvalue weighted by atomic mass is 9.88. The summed E-state index contributed by atoms with van der Waals surface area (Å²) in [5, 5.41) is 0.236. The molecule has 2 bridgehead atoms. The zero-order valence-corrected chi connectivity index (χ0v) is 12.9. The first-order valence-corrected chi connectivity index (χ1v) is 8.21. The fourth-order valence-electron chi connectivity index (χ4n) is 4.15. The van der Waals surface area contributed by atoms with Gasteiger partial charge < -0.3 is 4.98 Å². The molecule has 0 radical (unpaired) electrons. The maximum atomic E-state index is 12.5. The van der Waals surface area contributed by atoms with Crippen molar-refractivity contribution < 1.29 is 0 Å². The van der Waals surface area contributed by atoms with Crippen LogP contribution in [0.25, 0.3) is 11.2 Å². The molecule has 2 aliphatic rings.